The maximum Gasteiger partial charge on any atom is 0.200 e. The van der Waals surface area contributed by atoms with Gasteiger partial charge in [0.05, 0.1) is 0 Å². The predicted octanol–water partition coefficient (Wildman–Crippen LogP) is 2.32. The second-order valence-corrected chi connectivity index (χ2v) is 3.07. The van der Waals surface area contributed by atoms with Crippen LogP contribution in [0.5, 0.6) is 0 Å². The topological polar surface area (TPSA) is 40.7 Å². The Kier molecular flexibility index (Phi) is 3.14. The minimum atomic E-state index is 0.538. The van der Waals surface area contributed by atoms with E-state index >= 15 is 0 Å². The van der Waals surface area contributed by atoms with E-state index in [-0.39, 0.29) is 0 Å². The van der Waals surface area contributed by atoms with Crippen molar-refractivity contribution >= 4 is 5.95 Å². The van der Waals surface area contributed by atoms with E-state index < -0.39 is 0 Å². The summed E-state index contributed by atoms with van der Waals surface area (Å²) in [6, 6.07) is 0.538. The van der Waals surface area contributed by atoms with Crippen molar-refractivity contribution in [3.05, 3.63) is 11.9 Å². The number of anilines is 1. The lowest BCUT2D eigenvalue weighted by Gasteiger charge is -2.12. The highest BCUT2D eigenvalue weighted by atomic mass is 15.1. The number of aromatic nitrogens is 2. The molecule has 12 heavy (non-hydrogen) atoms. The number of aryl methyl sites for hydroxylation is 1. The first-order chi connectivity index (χ1) is 5.76. The van der Waals surface area contributed by atoms with Gasteiger partial charge in [-0.3, -0.25) is 0 Å². The van der Waals surface area contributed by atoms with Crippen molar-refractivity contribution in [2.75, 3.05) is 5.32 Å². The number of imidazole rings is 1. The zero-order valence-corrected chi connectivity index (χ0v) is 8.02. The first-order valence-electron chi connectivity index (χ1n) is 4.54. The highest BCUT2D eigenvalue weighted by Gasteiger charge is 2.03. The van der Waals surface area contributed by atoms with Crippen molar-refractivity contribution in [1.29, 1.82) is 0 Å². The molecule has 0 aliphatic carbocycles. The minimum Gasteiger partial charge on any atom is -0.353 e. The lowest BCUT2D eigenvalue weighted by molar-refractivity contribution is 0.666. The average Bonchev–Trinajstić information content (AvgIpc) is 2.47. The fourth-order valence-corrected chi connectivity index (χ4v) is 1.17. The molecule has 0 radical (unpaired) electrons. The summed E-state index contributed by atoms with van der Waals surface area (Å²) < 4.78 is 0. The van der Waals surface area contributed by atoms with Crippen LogP contribution in [-0.2, 0) is 0 Å². The van der Waals surface area contributed by atoms with Crippen LogP contribution in [-0.4, -0.2) is 16.0 Å². The molecular weight excluding hydrogens is 150 g/mol. The van der Waals surface area contributed by atoms with Crippen molar-refractivity contribution in [1.82, 2.24) is 9.97 Å². The van der Waals surface area contributed by atoms with Crippen LogP contribution in [0.25, 0.3) is 0 Å². The third kappa shape index (κ3) is 2.26. The molecule has 1 aromatic heterocycles. The normalized spacial score (nSPS) is 10.7. The van der Waals surface area contributed by atoms with E-state index in [4.69, 9.17) is 0 Å². The Labute approximate surface area is 73.6 Å². The second-order valence-electron chi connectivity index (χ2n) is 3.07. The number of nitrogens with zero attached hydrogens (tertiary/aromatic N) is 1. The Morgan fingerprint density at radius 1 is 1.50 bits per heavy atom. The zero-order valence-electron chi connectivity index (χ0n) is 8.02. The Balaban J connectivity index is 2.50. The molecule has 3 nitrogen and oxygen atoms in total. The van der Waals surface area contributed by atoms with Crippen LogP contribution in [0, 0.1) is 6.92 Å². The van der Waals surface area contributed by atoms with Crippen molar-refractivity contribution in [2.24, 2.45) is 0 Å². The fourth-order valence-electron chi connectivity index (χ4n) is 1.17. The van der Waals surface area contributed by atoms with Gasteiger partial charge in [0.2, 0.25) is 5.95 Å². The van der Waals surface area contributed by atoms with Crippen LogP contribution in [0.15, 0.2) is 6.20 Å². The van der Waals surface area contributed by atoms with E-state index in [2.05, 4.69) is 29.1 Å². The summed E-state index contributed by atoms with van der Waals surface area (Å²) in [6.07, 6.45) is 4.11. The standard InChI is InChI=1S/C9H17N3/c1-4-8(5-2)12-9-10-6-7(3)11-9/h6,8H,4-5H2,1-3H3,(H2,10,11,12). The van der Waals surface area contributed by atoms with Crippen LogP contribution in [0.2, 0.25) is 0 Å². The maximum atomic E-state index is 4.18. The molecule has 0 saturated heterocycles. The van der Waals surface area contributed by atoms with E-state index in [0.717, 1.165) is 24.5 Å². The van der Waals surface area contributed by atoms with Gasteiger partial charge >= 0.3 is 0 Å². The molecular formula is C9H17N3. The van der Waals surface area contributed by atoms with Gasteiger partial charge in [-0.1, -0.05) is 13.8 Å². The number of nitrogens with one attached hydrogen (secondary N) is 2. The molecule has 0 fully saturated rings. The first kappa shape index (κ1) is 9.10. The fraction of sp³-hybridized carbons (Fsp3) is 0.667. The Morgan fingerprint density at radius 3 is 2.58 bits per heavy atom. The third-order valence-corrected chi connectivity index (χ3v) is 2.03. The van der Waals surface area contributed by atoms with Crippen LogP contribution in [0.4, 0.5) is 5.95 Å². The molecule has 0 aliphatic heterocycles. The van der Waals surface area contributed by atoms with Gasteiger partial charge in [0, 0.05) is 17.9 Å². The van der Waals surface area contributed by atoms with E-state index in [1.54, 1.807) is 0 Å². The number of hydrogen-bond acceptors (Lipinski definition) is 2. The number of H-pyrrole nitrogens is 1. The largest absolute Gasteiger partial charge is 0.353 e. The molecule has 0 unspecified atom stereocenters. The van der Waals surface area contributed by atoms with Crippen LogP contribution in [0.1, 0.15) is 32.4 Å². The van der Waals surface area contributed by atoms with Crippen LogP contribution < -0.4 is 5.32 Å². The van der Waals surface area contributed by atoms with Gasteiger partial charge in [0.25, 0.3) is 0 Å². The van der Waals surface area contributed by atoms with Crippen molar-refractivity contribution in [3.8, 4) is 0 Å². The molecule has 3 heteroatoms. The number of hydrogen-bond donors (Lipinski definition) is 2. The summed E-state index contributed by atoms with van der Waals surface area (Å²) in [7, 11) is 0. The Bertz CT molecular complexity index is 225. The minimum absolute atomic E-state index is 0.538. The van der Waals surface area contributed by atoms with Crippen LogP contribution >= 0.6 is 0 Å². The van der Waals surface area contributed by atoms with Crippen molar-refractivity contribution < 1.29 is 0 Å². The van der Waals surface area contributed by atoms with Gasteiger partial charge in [0.1, 0.15) is 0 Å². The molecule has 1 heterocycles. The summed E-state index contributed by atoms with van der Waals surface area (Å²) in [5, 5.41) is 3.33. The summed E-state index contributed by atoms with van der Waals surface area (Å²) in [6.45, 7) is 6.36. The molecule has 0 amide bonds. The molecule has 0 bridgehead atoms. The number of aromatic amines is 1. The molecule has 68 valence electrons. The van der Waals surface area contributed by atoms with E-state index in [0.29, 0.717) is 6.04 Å². The average molecular weight is 167 g/mol. The quantitative estimate of drug-likeness (QED) is 0.722. The second kappa shape index (κ2) is 4.14. The van der Waals surface area contributed by atoms with Gasteiger partial charge in [-0.05, 0) is 19.8 Å². The van der Waals surface area contributed by atoms with Gasteiger partial charge in [-0.2, -0.15) is 0 Å². The lowest BCUT2D eigenvalue weighted by atomic mass is 10.2. The monoisotopic (exact) mass is 167 g/mol. The maximum absolute atomic E-state index is 4.18. The van der Waals surface area contributed by atoms with Crippen LogP contribution in [0.3, 0.4) is 0 Å². The molecule has 0 spiro atoms. The SMILES string of the molecule is CCC(CC)Nc1ncc(C)[nH]1. The highest BCUT2D eigenvalue weighted by Crippen LogP contribution is 2.06. The highest BCUT2D eigenvalue weighted by molar-refractivity contribution is 5.27. The molecule has 0 aromatic carbocycles. The van der Waals surface area contributed by atoms with Gasteiger partial charge < -0.3 is 10.3 Å². The molecule has 1 rings (SSSR count). The molecule has 0 aliphatic rings. The van der Waals surface area contributed by atoms with Gasteiger partial charge in [-0.25, -0.2) is 4.98 Å². The van der Waals surface area contributed by atoms with Gasteiger partial charge in [-0.15, -0.1) is 0 Å². The molecule has 1 aromatic rings. The number of rotatable bonds is 4. The predicted molar refractivity (Wildman–Crippen MR) is 51.3 cm³/mol. The van der Waals surface area contributed by atoms with E-state index in [1.165, 1.54) is 0 Å². The first-order valence-corrected chi connectivity index (χ1v) is 4.54. The molecule has 2 N–H and O–H groups in total. The summed E-state index contributed by atoms with van der Waals surface area (Å²) in [5.41, 5.74) is 1.10. The van der Waals surface area contributed by atoms with Gasteiger partial charge in [0.15, 0.2) is 0 Å². The Hall–Kier alpha value is -0.990. The van der Waals surface area contributed by atoms with Crippen molar-refractivity contribution in [2.45, 2.75) is 39.7 Å². The lowest BCUT2D eigenvalue weighted by Crippen LogP contribution is -2.17. The summed E-state index contributed by atoms with van der Waals surface area (Å²) in [4.78, 5) is 7.34. The Morgan fingerprint density at radius 2 is 2.17 bits per heavy atom. The summed E-state index contributed by atoms with van der Waals surface area (Å²) in [5.74, 6) is 0.890. The smallest absolute Gasteiger partial charge is 0.200 e. The van der Waals surface area contributed by atoms with E-state index in [9.17, 15) is 0 Å². The summed E-state index contributed by atoms with van der Waals surface area (Å²) >= 11 is 0. The van der Waals surface area contributed by atoms with E-state index in [1.807, 2.05) is 13.1 Å². The molecule has 0 atom stereocenters. The van der Waals surface area contributed by atoms with Crippen molar-refractivity contribution in [3.63, 3.8) is 0 Å². The zero-order chi connectivity index (χ0) is 8.97. The third-order valence-electron chi connectivity index (χ3n) is 2.03. The molecule has 0 saturated carbocycles.